The highest BCUT2D eigenvalue weighted by atomic mass is 16.5. The molecule has 0 saturated heterocycles. The van der Waals surface area contributed by atoms with E-state index in [0.717, 1.165) is 25.7 Å². The Kier molecular flexibility index (Phi) is 5.91. The molecule has 0 radical (unpaired) electrons. The van der Waals surface area contributed by atoms with Crippen molar-refractivity contribution in [2.24, 2.45) is 5.73 Å². The van der Waals surface area contributed by atoms with Crippen molar-refractivity contribution in [1.29, 1.82) is 5.41 Å². The van der Waals surface area contributed by atoms with E-state index in [4.69, 9.17) is 15.9 Å². The maximum absolute atomic E-state index is 11.8. The zero-order valence-corrected chi connectivity index (χ0v) is 10.7. The molecule has 0 heterocycles. The predicted molar refractivity (Wildman–Crippen MR) is 71.9 cm³/mol. The van der Waals surface area contributed by atoms with E-state index in [0.29, 0.717) is 17.7 Å². The van der Waals surface area contributed by atoms with Crippen molar-refractivity contribution in [3.05, 3.63) is 35.4 Å². The summed E-state index contributed by atoms with van der Waals surface area (Å²) >= 11 is 0. The van der Waals surface area contributed by atoms with Gasteiger partial charge in [0.25, 0.3) is 0 Å². The lowest BCUT2D eigenvalue weighted by molar-refractivity contribution is 0.0497. The summed E-state index contributed by atoms with van der Waals surface area (Å²) in [5.41, 5.74) is 6.21. The lowest BCUT2D eigenvalue weighted by Crippen LogP contribution is -2.17. The molecule has 0 amide bonds. The molecule has 4 heteroatoms. The van der Waals surface area contributed by atoms with E-state index in [1.807, 2.05) is 0 Å². The maximum Gasteiger partial charge on any atom is 0.338 e. The smallest absolute Gasteiger partial charge is 0.338 e. The number of nitrogens with one attached hydrogen (secondary N) is 1. The summed E-state index contributed by atoms with van der Waals surface area (Å²) in [6.07, 6.45) is 4.25. The van der Waals surface area contributed by atoms with Crippen molar-refractivity contribution >= 4 is 11.8 Å². The van der Waals surface area contributed by atoms with Gasteiger partial charge in [0.1, 0.15) is 5.84 Å². The van der Waals surface area contributed by atoms with Crippen LogP contribution in [0.4, 0.5) is 0 Å². The highest BCUT2D eigenvalue weighted by Gasteiger charge is 2.13. The van der Waals surface area contributed by atoms with E-state index >= 15 is 0 Å². The Bertz CT molecular complexity index is 416. The van der Waals surface area contributed by atoms with Crippen molar-refractivity contribution < 1.29 is 9.53 Å². The van der Waals surface area contributed by atoms with E-state index in [1.165, 1.54) is 0 Å². The Hall–Kier alpha value is -1.84. The van der Waals surface area contributed by atoms with Crippen molar-refractivity contribution in [2.45, 2.75) is 32.6 Å². The van der Waals surface area contributed by atoms with E-state index in [-0.39, 0.29) is 5.84 Å². The van der Waals surface area contributed by atoms with Gasteiger partial charge in [-0.25, -0.2) is 4.79 Å². The quantitative estimate of drug-likeness (QED) is 0.337. The van der Waals surface area contributed by atoms with Gasteiger partial charge in [-0.3, -0.25) is 5.41 Å². The standard InChI is InChI=1S/C14H20N2O2/c1-2-3-4-7-10-18-14(17)12-9-6-5-8-11(12)13(15)16/h5-6,8-9H,2-4,7,10H2,1H3,(H3,15,16). The molecule has 1 rings (SSSR count). The first-order valence-electron chi connectivity index (χ1n) is 6.27. The Balaban J connectivity index is 2.54. The minimum Gasteiger partial charge on any atom is -0.462 e. The van der Waals surface area contributed by atoms with E-state index in [2.05, 4.69) is 6.92 Å². The molecular weight excluding hydrogens is 228 g/mol. The largest absolute Gasteiger partial charge is 0.462 e. The number of carbonyl (C=O) groups excluding carboxylic acids is 1. The number of carbonyl (C=O) groups is 1. The molecule has 1 aromatic carbocycles. The summed E-state index contributed by atoms with van der Waals surface area (Å²) < 4.78 is 5.17. The number of esters is 1. The van der Waals surface area contributed by atoms with Crippen LogP contribution in [-0.2, 0) is 4.74 Å². The molecule has 0 unspecified atom stereocenters. The fraction of sp³-hybridized carbons (Fsp3) is 0.429. The predicted octanol–water partition coefficient (Wildman–Crippen LogP) is 2.71. The summed E-state index contributed by atoms with van der Waals surface area (Å²) in [5.74, 6) is -0.522. The number of amidine groups is 1. The molecule has 0 bridgehead atoms. The van der Waals surface area contributed by atoms with Crippen LogP contribution >= 0.6 is 0 Å². The van der Waals surface area contributed by atoms with Gasteiger partial charge in [0.2, 0.25) is 0 Å². The highest BCUT2D eigenvalue weighted by molar-refractivity contribution is 6.05. The van der Waals surface area contributed by atoms with Crippen LogP contribution in [0.15, 0.2) is 24.3 Å². The molecule has 0 atom stereocenters. The summed E-state index contributed by atoms with van der Waals surface area (Å²) in [6.45, 7) is 2.56. The number of rotatable bonds is 7. The molecule has 4 nitrogen and oxygen atoms in total. The lowest BCUT2D eigenvalue weighted by Gasteiger charge is -2.08. The molecular formula is C14H20N2O2. The zero-order valence-electron chi connectivity index (χ0n) is 10.7. The van der Waals surface area contributed by atoms with E-state index < -0.39 is 5.97 Å². The second-order valence-corrected chi connectivity index (χ2v) is 4.16. The van der Waals surface area contributed by atoms with Gasteiger partial charge in [-0.2, -0.15) is 0 Å². The van der Waals surface area contributed by atoms with Gasteiger partial charge in [-0.15, -0.1) is 0 Å². The Labute approximate surface area is 108 Å². The lowest BCUT2D eigenvalue weighted by atomic mass is 10.1. The van der Waals surface area contributed by atoms with Gasteiger partial charge in [0.15, 0.2) is 0 Å². The average Bonchev–Trinajstić information content (AvgIpc) is 2.38. The molecule has 0 spiro atoms. The van der Waals surface area contributed by atoms with Gasteiger partial charge in [0.05, 0.1) is 12.2 Å². The Morgan fingerprint density at radius 1 is 1.22 bits per heavy atom. The SMILES string of the molecule is CCCCCCOC(=O)c1ccccc1C(=N)N. The number of unbranched alkanes of at least 4 members (excludes halogenated alkanes) is 3. The number of nitrogen functional groups attached to an aromatic ring is 1. The molecule has 0 aliphatic heterocycles. The zero-order chi connectivity index (χ0) is 13.4. The molecule has 18 heavy (non-hydrogen) atoms. The van der Waals surface area contributed by atoms with Crippen LogP contribution in [0.3, 0.4) is 0 Å². The topological polar surface area (TPSA) is 76.2 Å². The van der Waals surface area contributed by atoms with Crippen LogP contribution in [-0.4, -0.2) is 18.4 Å². The van der Waals surface area contributed by atoms with Crippen LogP contribution in [0.25, 0.3) is 0 Å². The summed E-state index contributed by atoms with van der Waals surface area (Å²) in [5, 5.41) is 7.41. The van der Waals surface area contributed by atoms with E-state index in [1.54, 1.807) is 24.3 Å². The van der Waals surface area contributed by atoms with Crippen molar-refractivity contribution in [1.82, 2.24) is 0 Å². The van der Waals surface area contributed by atoms with Gasteiger partial charge in [-0.1, -0.05) is 44.4 Å². The number of hydrogen-bond acceptors (Lipinski definition) is 3. The molecule has 3 N–H and O–H groups in total. The van der Waals surface area contributed by atoms with Crippen molar-refractivity contribution in [3.8, 4) is 0 Å². The summed E-state index contributed by atoms with van der Waals surface area (Å²) in [6, 6.07) is 6.76. The van der Waals surface area contributed by atoms with Crippen molar-refractivity contribution in [3.63, 3.8) is 0 Å². The molecule has 98 valence electrons. The van der Waals surface area contributed by atoms with E-state index in [9.17, 15) is 4.79 Å². The minimum atomic E-state index is -0.405. The fourth-order valence-corrected chi connectivity index (χ4v) is 1.67. The van der Waals surface area contributed by atoms with Crippen LogP contribution in [0.5, 0.6) is 0 Å². The second kappa shape index (κ2) is 7.48. The number of hydrogen-bond donors (Lipinski definition) is 2. The molecule has 0 aliphatic rings. The number of ether oxygens (including phenoxy) is 1. The first kappa shape index (κ1) is 14.2. The third-order valence-corrected chi connectivity index (χ3v) is 2.67. The van der Waals surface area contributed by atoms with Crippen LogP contribution in [0.1, 0.15) is 48.5 Å². The Morgan fingerprint density at radius 3 is 2.50 bits per heavy atom. The van der Waals surface area contributed by atoms with Crippen LogP contribution in [0.2, 0.25) is 0 Å². The van der Waals surface area contributed by atoms with Gasteiger partial charge in [-0.05, 0) is 12.5 Å². The maximum atomic E-state index is 11.8. The third kappa shape index (κ3) is 4.20. The van der Waals surface area contributed by atoms with Crippen LogP contribution < -0.4 is 5.73 Å². The normalized spacial score (nSPS) is 10.1. The second-order valence-electron chi connectivity index (χ2n) is 4.16. The summed E-state index contributed by atoms with van der Waals surface area (Å²) in [4.78, 5) is 11.8. The van der Waals surface area contributed by atoms with Gasteiger partial charge in [0, 0.05) is 5.56 Å². The number of nitrogens with two attached hydrogens (primary N) is 1. The number of benzene rings is 1. The molecule has 0 saturated carbocycles. The fourth-order valence-electron chi connectivity index (χ4n) is 1.67. The molecule has 1 aromatic rings. The first-order chi connectivity index (χ1) is 8.66. The molecule has 0 aromatic heterocycles. The van der Waals surface area contributed by atoms with Gasteiger partial charge < -0.3 is 10.5 Å². The van der Waals surface area contributed by atoms with Gasteiger partial charge >= 0.3 is 5.97 Å². The average molecular weight is 248 g/mol. The minimum absolute atomic E-state index is 0.117. The highest BCUT2D eigenvalue weighted by Crippen LogP contribution is 2.10. The first-order valence-corrected chi connectivity index (χ1v) is 6.27. The van der Waals surface area contributed by atoms with Crippen LogP contribution in [0, 0.1) is 5.41 Å². The monoisotopic (exact) mass is 248 g/mol. The third-order valence-electron chi connectivity index (χ3n) is 2.67. The molecule has 0 aliphatic carbocycles. The van der Waals surface area contributed by atoms with Crippen molar-refractivity contribution in [2.75, 3.05) is 6.61 Å². The molecule has 0 fully saturated rings. The Morgan fingerprint density at radius 2 is 1.89 bits per heavy atom. The summed E-state index contributed by atoms with van der Waals surface area (Å²) in [7, 11) is 0.